The van der Waals surface area contributed by atoms with Crippen LogP contribution >= 0.6 is 0 Å². The van der Waals surface area contributed by atoms with Crippen LogP contribution in [0.5, 0.6) is 0 Å². The van der Waals surface area contributed by atoms with Gasteiger partial charge in [0.2, 0.25) is 0 Å². The predicted molar refractivity (Wildman–Crippen MR) is 69.1 cm³/mol. The van der Waals surface area contributed by atoms with Crippen LogP contribution in [0.25, 0.3) is 0 Å². The van der Waals surface area contributed by atoms with E-state index in [1.807, 2.05) is 11.8 Å². The number of fused-ring (bicyclic) bond motifs is 1. The number of nitrogen functional groups attached to an aromatic ring is 1. The fourth-order valence-corrected chi connectivity index (χ4v) is 3.37. The summed E-state index contributed by atoms with van der Waals surface area (Å²) in [6, 6.07) is 0. The van der Waals surface area contributed by atoms with Gasteiger partial charge >= 0.3 is 0 Å². The van der Waals surface area contributed by atoms with E-state index in [1.54, 1.807) is 0 Å². The van der Waals surface area contributed by atoms with Crippen LogP contribution in [0, 0.1) is 11.8 Å². The molecule has 0 aromatic carbocycles. The Kier molecular flexibility index (Phi) is 2.76. The van der Waals surface area contributed by atoms with Gasteiger partial charge in [-0.15, -0.1) is 0 Å². The van der Waals surface area contributed by atoms with Gasteiger partial charge in [0.05, 0.1) is 11.4 Å². The molecule has 2 atom stereocenters. The van der Waals surface area contributed by atoms with Crippen LogP contribution in [0.2, 0.25) is 0 Å². The molecule has 2 unspecified atom stereocenters. The Morgan fingerprint density at radius 1 is 1.44 bits per heavy atom. The Bertz CT molecular complexity index is 456. The second-order valence-electron chi connectivity index (χ2n) is 5.48. The van der Waals surface area contributed by atoms with Gasteiger partial charge in [-0.05, 0) is 31.1 Å². The number of carbonyl (C=O) groups excluding carboxylic acids is 1. The summed E-state index contributed by atoms with van der Waals surface area (Å²) in [5, 5.41) is 6.94. The number of carbonyl (C=O) groups is 1. The molecule has 3 N–H and O–H groups in total. The number of aryl methyl sites for hydroxylation is 1. The van der Waals surface area contributed by atoms with Gasteiger partial charge in [0, 0.05) is 13.1 Å². The van der Waals surface area contributed by atoms with Crippen LogP contribution in [0.1, 0.15) is 42.4 Å². The molecule has 1 aromatic heterocycles. The summed E-state index contributed by atoms with van der Waals surface area (Å²) in [6.07, 6.45) is 4.63. The zero-order valence-electron chi connectivity index (χ0n) is 10.8. The van der Waals surface area contributed by atoms with Gasteiger partial charge in [0.25, 0.3) is 5.91 Å². The van der Waals surface area contributed by atoms with Crippen molar-refractivity contribution in [2.24, 2.45) is 11.8 Å². The number of rotatable bonds is 2. The number of hydrogen-bond donors (Lipinski definition) is 2. The minimum absolute atomic E-state index is 0.00199. The molecule has 0 spiro atoms. The van der Waals surface area contributed by atoms with Crippen molar-refractivity contribution in [3.8, 4) is 0 Å². The third-order valence-electron chi connectivity index (χ3n) is 4.45. The number of aromatic nitrogens is 2. The topological polar surface area (TPSA) is 75.0 Å². The SMILES string of the molecule is CCc1[nH]nc(C(=O)N2CC3CCCC3C2)c1N. The van der Waals surface area contributed by atoms with Crippen LogP contribution < -0.4 is 5.73 Å². The minimum Gasteiger partial charge on any atom is -0.395 e. The molecule has 2 aliphatic rings. The molecule has 3 rings (SSSR count). The molecule has 5 heteroatoms. The van der Waals surface area contributed by atoms with Crippen LogP contribution in [0.4, 0.5) is 5.69 Å². The Morgan fingerprint density at radius 2 is 2.11 bits per heavy atom. The average molecular weight is 248 g/mol. The van der Waals surface area contributed by atoms with Crippen molar-refractivity contribution in [2.75, 3.05) is 18.8 Å². The van der Waals surface area contributed by atoms with Crippen molar-refractivity contribution in [3.05, 3.63) is 11.4 Å². The Labute approximate surface area is 107 Å². The number of likely N-dealkylation sites (tertiary alicyclic amines) is 1. The smallest absolute Gasteiger partial charge is 0.276 e. The first-order valence-electron chi connectivity index (χ1n) is 6.82. The third-order valence-corrected chi connectivity index (χ3v) is 4.45. The number of hydrogen-bond acceptors (Lipinski definition) is 3. The lowest BCUT2D eigenvalue weighted by atomic mass is 10.0. The van der Waals surface area contributed by atoms with Gasteiger partial charge in [-0.25, -0.2) is 0 Å². The lowest BCUT2D eigenvalue weighted by Gasteiger charge is -2.16. The van der Waals surface area contributed by atoms with Gasteiger partial charge < -0.3 is 10.6 Å². The van der Waals surface area contributed by atoms with Crippen molar-refractivity contribution in [1.82, 2.24) is 15.1 Å². The van der Waals surface area contributed by atoms with Crippen LogP contribution in [-0.4, -0.2) is 34.1 Å². The number of anilines is 1. The quantitative estimate of drug-likeness (QED) is 0.831. The molecule has 2 fully saturated rings. The number of amides is 1. The number of H-pyrrole nitrogens is 1. The van der Waals surface area contributed by atoms with E-state index in [0.717, 1.165) is 25.2 Å². The minimum atomic E-state index is -0.00199. The van der Waals surface area contributed by atoms with E-state index in [2.05, 4.69) is 10.2 Å². The summed E-state index contributed by atoms with van der Waals surface area (Å²) in [5.41, 5.74) is 7.75. The highest BCUT2D eigenvalue weighted by molar-refractivity contribution is 5.97. The van der Waals surface area contributed by atoms with Crippen molar-refractivity contribution < 1.29 is 4.79 Å². The van der Waals surface area contributed by atoms with E-state index < -0.39 is 0 Å². The number of aromatic amines is 1. The Morgan fingerprint density at radius 3 is 2.67 bits per heavy atom. The highest BCUT2D eigenvalue weighted by Gasteiger charge is 2.39. The molecule has 0 bridgehead atoms. The van der Waals surface area contributed by atoms with Crippen LogP contribution in [0.3, 0.4) is 0 Å². The van der Waals surface area contributed by atoms with E-state index in [4.69, 9.17) is 5.73 Å². The summed E-state index contributed by atoms with van der Waals surface area (Å²) in [7, 11) is 0. The van der Waals surface area contributed by atoms with E-state index in [-0.39, 0.29) is 5.91 Å². The monoisotopic (exact) mass is 248 g/mol. The molecule has 5 nitrogen and oxygen atoms in total. The number of nitrogens with two attached hydrogens (primary N) is 1. The van der Waals surface area contributed by atoms with Crippen LogP contribution in [0.15, 0.2) is 0 Å². The summed E-state index contributed by atoms with van der Waals surface area (Å²) < 4.78 is 0. The molecule has 98 valence electrons. The Balaban J connectivity index is 1.77. The molecule has 0 radical (unpaired) electrons. The molecule has 1 saturated heterocycles. The number of nitrogens with one attached hydrogen (secondary N) is 1. The lowest BCUT2D eigenvalue weighted by Crippen LogP contribution is -2.30. The summed E-state index contributed by atoms with van der Waals surface area (Å²) in [6.45, 7) is 3.77. The maximum absolute atomic E-state index is 12.4. The summed E-state index contributed by atoms with van der Waals surface area (Å²) in [4.78, 5) is 14.3. The first-order valence-corrected chi connectivity index (χ1v) is 6.82. The third kappa shape index (κ3) is 1.69. The van der Waals surface area contributed by atoms with E-state index in [0.29, 0.717) is 23.2 Å². The summed E-state index contributed by atoms with van der Waals surface area (Å²) >= 11 is 0. The van der Waals surface area contributed by atoms with Crippen molar-refractivity contribution in [2.45, 2.75) is 32.6 Å². The Hall–Kier alpha value is -1.52. The zero-order valence-corrected chi connectivity index (χ0v) is 10.8. The van der Waals surface area contributed by atoms with Crippen LogP contribution in [-0.2, 0) is 6.42 Å². The van der Waals surface area contributed by atoms with Crippen molar-refractivity contribution in [1.29, 1.82) is 0 Å². The largest absolute Gasteiger partial charge is 0.395 e. The van der Waals surface area contributed by atoms with Gasteiger partial charge in [-0.3, -0.25) is 9.89 Å². The molecule has 1 saturated carbocycles. The van der Waals surface area contributed by atoms with E-state index in [9.17, 15) is 4.79 Å². The number of nitrogens with zero attached hydrogens (tertiary/aromatic N) is 2. The summed E-state index contributed by atoms with van der Waals surface area (Å²) in [5.74, 6) is 1.41. The standard InChI is InChI=1S/C13H20N4O/c1-2-10-11(14)12(16-15-10)13(18)17-6-8-4-3-5-9(8)7-17/h8-9H,2-7,14H2,1H3,(H,15,16). The molecule has 1 aliphatic carbocycles. The van der Waals surface area contributed by atoms with Gasteiger partial charge in [0.1, 0.15) is 0 Å². The normalized spacial score (nSPS) is 26.6. The maximum Gasteiger partial charge on any atom is 0.276 e. The molecule has 1 amide bonds. The highest BCUT2D eigenvalue weighted by atomic mass is 16.2. The maximum atomic E-state index is 12.4. The van der Waals surface area contributed by atoms with Gasteiger partial charge in [-0.2, -0.15) is 5.10 Å². The fraction of sp³-hybridized carbons (Fsp3) is 0.692. The molecule has 1 aliphatic heterocycles. The average Bonchev–Trinajstić information content (AvgIpc) is 3.00. The van der Waals surface area contributed by atoms with E-state index in [1.165, 1.54) is 19.3 Å². The van der Waals surface area contributed by atoms with Crippen molar-refractivity contribution in [3.63, 3.8) is 0 Å². The molecular weight excluding hydrogens is 228 g/mol. The lowest BCUT2D eigenvalue weighted by molar-refractivity contribution is 0.0776. The van der Waals surface area contributed by atoms with E-state index >= 15 is 0 Å². The predicted octanol–water partition coefficient (Wildman–Crippen LogP) is 1.43. The molecular formula is C13H20N4O. The second kappa shape index (κ2) is 4.30. The molecule has 1 aromatic rings. The first kappa shape index (κ1) is 11.6. The molecule has 18 heavy (non-hydrogen) atoms. The highest BCUT2D eigenvalue weighted by Crippen LogP contribution is 2.38. The second-order valence-corrected chi connectivity index (χ2v) is 5.48. The zero-order chi connectivity index (χ0) is 12.7. The van der Waals surface area contributed by atoms with Crippen molar-refractivity contribution >= 4 is 11.6 Å². The van der Waals surface area contributed by atoms with Gasteiger partial charge in [-0.1, -0.05) is 13.3 Å². The first-order chi connectivity index (χ1) is 8.70. The fourth-order valence-electron chi connectivity index (χ4n) is 3.37. The van der Waals surface area contributed by atoms with Gasteiger partial charge in [0.15, 0.2) is 5.69 Å². The molecule has 2 heterocycles.